The van der Waals surface area contributed by atoms with Crippen molar-refractivity contribution in [2.75, 3.05) is 10.6 Å². The van der Waals surface area contributed by atoms with E-state index in [0.717, 1.165) is 34.4 Å². The van der Waals surface area contributed by atoms with E-state index in [1.165, 1.54) is 11.3 Å². The van der Waals surface area contributed by atoms with E-state index in [-0.39, 0.29) is 17.7 Å². The van der Waals surface area contributed by atoms with Crippen molar-refractivity contribution in [2.45, 2.75) is 19.8 Å². The second-order valence-electron chi connectivity index (χ2n) is 6.33. The number of benzene rings is 1. The van der Waals surface area contributed by atoms with Gasteiger partial charge in [0.05, 0.1) is 10.6 Å². The normalized spacial score (nSPS) is 13.8. The van der Waals surface area contributed by atoms with Crippen LogP contribution in [0.4, 0.5) is 11.4 Å². The lowest BCUT2D eigenvalue weighted by Crippen LogP contribution is -2.13. The number of nitrogens with one attached hydrogen (secondary N) is 2. The third kappa shape index (κ3) is 3.15. The largest absolute Gasteiger partial charge is 0.326 e. The van der Waals surface area contributed by atoms with E-state index in [1.807, 2.05) is 20.0 Å². The van der Waals surface area contributed by atoms with E-state index in [1.54, 1.807) is 28.9 Å². The monoisotopic (exact) mass is 354 g/mol. The van der Waals surface area contributed by atoms with Crippen molar-refractivity contribution in [1.29, 1.82) is 0 Å². The molecule has 1 aliphatic rings. The maximum atomic E-state index is 12.5. The topological polar surface area (TPSA) is 76.0 Å². The van der Waals surface area contributed by atoms with Crippen molar-refractivity contribution in [3.8, 4) is 0 Å². The highest BCUT2D eigenvalue weighted by molar-refractivity contribution is 7.20. The van der Waals surface area contributed by atoms with Crippen LogP contribution in [0.5, 0.6) is 0 Å². The van der Waals surface area contributed by atoms with Crippen LogP contribution in [0.2, 0.25) is 0 Å². The van der Waals surface area contributed by atoms with Crippen LogP contribution in [0.1, 0.15) is 28.2 Å². The van der Waals surface area contributed by atoms with E-state index in [2.05, 4.69) is 15.7 Å². The number of thiophene rings is 1. The molecule has 0 spiro atoms. The number of carbonyl (C=O) groups is 2. The molecule has 0 bridgehead atoms. The van der Waals surface area contributed by atoms with Crippen LogP contribution in [0.25, 0.3) is 10.2 Å². The molecule has 25 heavy (non-hydrogen) atoms. The lowest BCUT2D eigenvalue weighted by Gasteiger charge is -2.07. The molecule has 3 aromatic rings. The molecule has 0 aliphatic heterocycles. The van der Waals surface area contributed by atoms with Gasteiger partial charge in [0.25, 0.3) is 5.91 Å². The van der Waals surface area contributed by atoms with Crippen LogP contribution in [-0.4, -0.2) is 21.6 Å². The van der Waals surface area contributed by atoms with Crippen LogP contribution in [0.15, 0.2) is 30.3 Å². The van der Waals surface area contributed by atoms with Gasteiger partial charge in [0.2, 0.25) is 5.91 Å². The Morgan fingerprint density at radius 1 is 1.16 bits per heavy atom. The number of fused-ring (bicyclic) bond motifs is 1. The molecule has 1 saturated carbocycles. The van der Waals surface area contributed by atoms with Gasteiger partial charge >= 0.3 is 0 Å². The number of aryl methyl sites for hydroxylation is 2. The van der Waals surface area contributed by atoms with Gasteiger partial charge in [-0.25, -0.2) is 0 Å². The molecule has 2 heterocycles. The Morgan fingerprint density at radius 3 is 2.40 bits per heavy atom. The fraction of sp³-hybridized carbons (Fsp3) is 0.278. The summed E-state index contributed by atoms with van der Waals surface area (Å²) in [6, 6.07) is 9.06. The lowest BCUT2D eigenvalue weighted by atomic mass is 10.2. The highest BCUT2D eigenvalue weighted by Gasteiger charge is 2.29. The maximum absolute atomic E-state index is 12.5. The molecular formula is C18H18N4O2S. The summed E-state index contributed by atoms with van der Waals surface area (Å²) in [7, 11) is 1.88. The molecule has 0 saturated heterocycles. The zero-order valence-corrected chi connectivity index (χ0v) is 14.8. The van der Waals surface area contributed by atoms with Crippen molar-refractivity contribution in [2.24, 2.45) is 13.0 Å². The fourth-order valence-corrected chi connectivity index (χ4v) is 3.75. The molecule has 1 fully saturated rings. The van der Waals surface area contributed by atoms with E-state index >= 15 is 0 Å². The van der Waals surface area contributed by atoms with E-state index in [4.69, 9.17) is 0 Å². The summed E-state index contributed by atoms with van der Waals surface area (Å²) in [6.45, 7) is 1.94. The number of nitrogens with zero attached hydrogens (tertiary/aromatic N) is 2. The maximum Gasteiger partial charge on any atom is 0.265 e. The number of hydrogen-bond acceptors (Lipinski definition) is 4. The molecule has 0 radical (unpaired) electrons. The Bertz CT molecular complexity index is 933. The number of aromatic nitrogens is 2. The molecule has 128 valence electrons. The minimum absolute atomic E-state index is 0.0750. The minimum Gasteiger partial charge on any atom is -0.326 e. The third-order valence-electron chi connectivity index (χ3n) is 4.28. The van der Waals surface area contributed by atoms with Gasteiger partial charge in [0, 0.05) is 29.7 Å². The van der Waals surface area contributed by atoms with Crippen molar-refractivity contribution >= 4 is 44.7 Å². The minimum atomic E-state index is -0.143. The summed E-state index contributed by atoms with van der Waals surface area (Å²) in [6.07, 6.45) is 1.95. The van der Waals surface area contributed by atoms with Crippen molar-refractivity contribution < 1.29 is 9.59 Å². The highest BCUT2D eigenvalue weighted by atomic mass is 32.1. The quantitative estimate of drug-likeness (QED) is 0.752. The standard InChI is InChI=1S/C18H18N4O2S/c1-10-14-9-15(25-18(14)22(2)21-10)17(24)20-13-7-5-12(6-8-13)19-16(23)11-3-4-11/h5-9,11H,3-4H2,1-2H3,(H,19,23)(H,20,24). The van der Waals surface area contributed by atoms with E-state index < -0.39 is 0 Å². The Labute approximate surface area is 148 Å². The second-order valence-corrected chi connectivity index (χ2v) is 7.36. The van der Waals surface area contributed by atoms with Crippen LogP contribution >= 0.6 is 11.3 Å². The molecular weight excluding hydrogens is 336 g/mol. The summed E-state index contributed by atoms with van der Waals surface area (Å²) >= 11 is 1.43. The summed E-state index contributed by atoms with van der Waals surface area (Å²) in [5.41, 5.74) is 2.36. The number of hydrogen-bond donors (Lipinski definition) is 2. The number of rotatable bonds is 4. The van der Waals surface area contributed by atoms with Crippen LogP contribution in [0.3, 0.4) is 0 Å². The van der Waals surface area contributed by atoms with Crippen LogP contribution in [0, 0.1) is 12.8 Å². The summed E-state index contributed by atoms with van der Waals surface area (Å²) in [4.78, 5) is 25.9. The molecule has 1 aliphatic carbocycles. The molecule has 0 atom stereocenters. The predicted octanol–water partition coefficient (Wildman–Crippen LogP) is 3.54. The van der Waals surface area contributed by atoms with E-state index in [9.17, 15) is 9.59 Å². The molecule has 1 aromatic carbocycles. The van der Waals surface area contributed by atoms with Gasteiger partial charge in [-0.1, -0.05) is 0 Å². The average Bonchev–Trinajstić information content (AvgIpc) is 3.28. The SMILES string of the molecule is Cc1nn(C)c2sc(C(=O)Nc3ccc(NC(=O)C4CC4)cc3)cc12. The van der Waals surface area contributed by atoms with Crippen molar-refractivity contribution in [3.63, 3.8) is 0 Å². The molecule has 2 amide bonds. The van der Waals surface area contributed by atoms with Gasteiger partial charge in [-0.05, 0) is 50.1 Å². The molecule has 2 aromatic heterocycles. The van der Waals surface area contributed by atoms with Crippen molar-refractivity contribution in [1.82, 2.24) is 9.78 Å². The zero-order chi connectivity index (χ0) is 17.6. The van der Waals surface area contributed by atoms with Gasteiger partial charge in [0.1, 0.15) is 4.83 Å². The summed E-state index contributed by atoms with van der Waals surface area (Å²) < 4.78 is 1.80. The molecule has 7 heteroatoms. The van der Waals surface area contributed by atoms with Crippen LogP contribution in [-0.2, 0) is 11.8 Å². The molecule has 2 N–H and O–H groups in total. The first kappa shape index (κ1) is 15.8. The van der Waals surface area contributed by atoms with Gasteiger partial charge in [-0.3, -0.25) is 14.3 Å². The second kappa shape index (κ2) is 6.00. The third-order valence-corrected chi connectivity index (χ3v) is 5.48. The van der Waals surface area contributed by atoms with Gasteiger partial charge < -0.3 is 10.6 Å². The predicted molar refractivity (Wildman–Crippen MR) is 99.1 cm³/mol. The van der Waals surface area contributed by atoms with Gasteiger partial charge in [-0.2, -0.15) is 5.10 Å². The molecule has 0 unspecified atom stereocenters. The number of amides is 2. The number of carbonyl (C=O) groups excluding carboxylic acids is 2. The fourth-order valence-electron chi connectivity index (χ4n) is 2.74. The Balaban J connectivity index is 1.45. The van der Waals surface area contributed by atoms with E-state index in [0.29, 0.717) is 10.6 Å². The first-order valence-corrected chi connectivity index (χ1v) is 8.98. The van der Waals surface area contributed by atoms with Gasteiger partial charge in [0.15, 0.2) is 0 Å². The molecule has 6 nitrogen and oxygen atoms in total. The highest BCUT2D eigenvalue weighted by Crippen LogP contribution is 2.30. The van der Waals surface area contributed by atoms with Crippen LogP contribution < -0.4 is 10.6 Å². The van der Waals surface area contributed by atoms with Crippen molar-refractivity contribution in [3.05, 3.63) is 40.9 Å². The molecule has 4 rings (SSSR count). The average molecular weight is 354 g/mol. The van der Waals surface area contributed by atoms with Gasteiger partial charge in [-0.15, -0.1) is 11.3 Å². The zero-order valence-electron chi connectivity index (χ0n) is 14.0. The first-order chi connectivity index (χ1) is 12.0. The summed E-state index contributed by atoms with van der Waals surface area (Å²) in [5, 5.41) is 11.1. The summed E-state index contributed by atoms with van der Waals surface area (Å²) in [5.74, 6) is 0.103. The lowest BCUT2D eigenvalue weighted by molar-refractivity contribution is -0.117. The number of anilines is 2. The Kier molecular flexibility index (Phi) is 3.80. The first-order valence-electron chi connectivity index (χ1n) is 8.16. The Hall–Kier alpha value is -2.67. The smallest absolute Gasteiger partial charge is 0.265 e. The Morgan fingerprint density at radius 2 is 1.80 bits per heavy atom.